The van der Waals surface area contributed by atoms with Gasteiger partial charge in [0.05, 0.1) is 11.1 Å². The van der Waals surface area contributed by atoms with Gasteiger partial charge < -0.3 is 14.4 Å². The van der Waals surface area contributed by atoms with Crippen LogP contribution in [0.3, 0.4) is 0 Å². The molecular formula is C25H37N5O5. The van der Waals surface area contributed by atoms with E-state index in [-0.39, 0.29) is 29.6 Å². The number of piperidine rings is 1. The van der Waals surface area contributed by atoms with E-state index in [4.69, 9.17) is 9.47 Å². The highest BCUT2D eigenvalue weighted by Gasteiger charge is 2.60. The van der Waals surface area contributed by atoms with E-state index in [9.17, 15) is 14.4 Å². The summed E-state index contributed by atoms with van der Waals surface area (Å²) in [7, 11) is 3.54. The van der Waals surface area contributed by atoms with Crippen molar-refractivity contribution in [3.05, 3.63) is 23.8 Å². The number of imide groups is 1. The number of ether oxygens (including phenoxy) is 2. The molecule has 2 aromatic rings. The molecule has 1 aromatic carbocycles. The lowest BCUT2D eigenvalue weighted by atomic mass is 9.88. The van der Waals surface area contributed by atoms with Gasteiger partial charge in [-0.15, -0.1) is 0 Å². The Morgan fingerprint density at radius 2 is 1.91 bits per heavy atom. The molecule has 4 heterocycles. The Bertz CT molecular complexity index is 1090. The van der Waals surface area contributed by atoms with Crippen LogP contribution in [-0.4, -0.2) is 71.5 Å². The number of epoxide rings is 1. The van der Waals surface area contributed by atoms with Crippen molar-refractivity contribution in [3.8, 4) is 0 Å². The first kappa shape index (κ1) is 26.6. The second-order valence-corrected chi connectivity index (χ2v) is 9.60. The Morgan fingerprint density at radius 3 is 2.49 bits per heavy atom. The molecule has 0 radical (unpaired) electrons. The molecule has 0 aliphatic carbocycles. The Balaban J connectivity index is 0.000000377. The molecule has 0 bridgehead atoms. The largest absolute Gasteiger partial charge is 0.379 e. The quantitative estimate of drug-likeness (QED) is 0.527. The number of hydrogen-bond donors (Lipinski definition) is 1. The van der Waals surface area contributed by atoms with Crippen molar-refractivity contribution in [2.45, 2.75) is 64.8 Å². The van der Waals surface area contributed by atoms with Crippen molar-refractivity contribution in [1.82, 2.24) is 20.0 Å². The Kier molecular flexibility index (Phi) is 7.86. The molecule has 192 valence electrons. The van der Waals surface area contributed by atoms with Crippen molar-refractivity contribution in [2.24, 2.45) is 7.05 Å². The van der Waals surface area contributed by atoms with Gasteiger partial charge in [-0.05, 0) is 38.5 Å². The minimum Gasteiger partial charge on any atom is -0.379 e. The van der Waals surface area contributed by atoms with Gasteiger partial charge in [0.15, 0.2) is 5.82 Å². The van der Waals surface area contributed by atoms with E-state index in [2.05, 4.69) is 16.5 Å². The number of carbonyl (C=O) groups is 3. The van der Waals surface area contributed by atoms with Gasteiger partial charge in [0.2, 0.25) is 12.3 Å². The number of urea groups is 1. The minimum atomic E-state index is -0.444. The van der Waals surface area contributed by atoms with Gasteiger partial charge >= 0.3 is 6.03 Å². The van der Waals surface area contributed by atoms with Crippen LogP contribution in [0.2, 0.25) is 0 Å². The highest BCUT2D eigenvalue weighted by atomic mass is 16.6. The van der Waals surface area contributed by atoms with Crippen molar-refractivity contribution in [1.29, 1.82) is 0 Å². The molecule has 4 amide bonds. The molecule has 10 heteroatoms. The van der Waals surface area contributed by atoms with Crippen LogP contribution in [0.15, 0.2) is 18.2 Å². The van der Waals surface area contributed by atoms with Gasteiger partial charge in [-0.2, -0.15) is 5.10 Å². The van der Waals surface area contributed by atoms with E-state index in [1.54, 1.807) is 16.7 Å². The lowest BCUT2D eigenvalue weighted by Gasteiger charge is -2.25. The van der Waals surface area contributed by atoms with E-state index in [0.29, 0.717) is 25.5 Å². The summed E-state index contributed by atoms with van der Waals surface area (Å²) in [4.78, 5) is 37.8. The molecule has 3 saturated heterocycles. The fourth-order valence-corrected chi connectivity index (χ4v) is 4.20. The van der Waals surface area contributed by atoms with Gasteiger partial charge in [-0.3, -0.25) is 24.5 Å². The minimum absolute atomic E-state index is 0.0282. The van der Waals surface area contributed by atoms with Gasteiger partial charge in [0.25, 0.3) is 0 Å². The van der Waals surface area contributed by atoms with Crippen LogP contribution in [0.5, 0.6) is 0 Å². The number of aryl methyl sites for hydroxylation is 1. The van der Waals surface area contributed by atoms with E-state index >= 15 is 0 Å². The summed E-state index contributed by atoms with van der Waals surface area (Å²) in [5.74, 6) is 0.280. The Morgan fingerprint density at radius 1 is 1.23 bits per heavy atom. The number of fused-ring (bicyclic) bond motifs is 2. The summed E-state index contributed by atoms with van der Waals surface area (Å²) in [6.07, 6.45) is 1.92. The highest BCUT2D eigenvalue weighted by molar-refractivity contribution is 6.08. The number of likely N-dealkylation sites (tertiary alicyclic amines) is 1. The maximum absolute atomic E-state index is 12.2. The normalized spacial score (nSPS) is 23.5. The number of rotatable bonds is 3. The molecule has 10 nitrogen and oxygen atoms in total. The molecule has 5 rings (SSSR count). The first-order chi connectivity index (χ1) is 16.6. The fourth-order valence-electron chi connectivity index (χ4n) is 4.20. The van der Waals surface area contributed by atoms with Crippen LogP contribution < -0.4 is 10.2 Å². The predicted molar refractivity (Wildman–Crippen MR) is 133 cm³/mol. The summed E-state index contributed by atoms with van der Waals surface area (Å²) < 4.78 is 12.7. The molecule has 3 aliphatic rings. The third kappa shape index (κ3) is 5.48. The SMILES string of the molecule is CC.COC(C)(C)C.Cn1nc(N2CCC(=O)NC2=O)c2ccc(C34CCN(C=O)CC3O4)cc21. The van der Waals surface area contributed by atoms with Gasteiger partial charge in [-0.25, -0.2) is 4.79 Å². The Labute approximate surface area is 206 Å². The molecule has 1 N–H and O–H groups in total. The number of nitrogens with one attached hydrogen (secondary N) is 1. The molecule has 3 aliphatic heterocycles. The number of hydrogen-bond acceptors (Lipinski definition) is 6. The van der Waals surface area contributed by atoms with Crippen LogP contribution in [0.25, 0.3) is 10.9 Å². The van der Waals surface area contributed by atoms with Crippen LogP contribution in [0.4, 0.5) is 10.6 Å². The van der Waals surface area contributed by atoms with Gasteiger partial charge in [-0.1, -0.05) is 19.9 Å². The van der Waals surface area contributed by atoms with Gasteiger partial charge in [0, 0.05) is 52.0 Å². The van der Waals surface area contributed by atoms with Crippen LogP contribution >= 0.6 is 0 Å². The van der Waals surface area contributed by atoms with E-state index in [0.717, 1.165) is 29.3 Å². The second kappa shape index (κ2) is 10.3. The number of aromatic nitrogens is 2. The average Bonchev–Trinajstić information content (AvgIpc) is 3.50. The molecule has 0 saturated carbocycles. The van der Waals surface area contributed by atoms with E-state index < -0.39 is 6.03 Å². The van der Waals surface area contributed by atoms with E-state index in [1.807, 2.05) is 53.8 Å². The number of anilines is 1. The van der Waals surface area contributed by atoms with Crippen molar-refractivity contribution in [2.75, 3.05) is 31.6 Å². The number of carbonyl (C=O) groups excluding carboxylic acids is 3. The third-order valence-corrected chi connectivity index (χ3v) is 6.38. The lowest BCUT2D eigenvalue weighted by molar-refractivity contribution is -0.120. The zero-order chi connectivity index (χ0) is 26.0. The van der Waals surface area contributed by atoms with Crippen molar-refractivity contribution in [3.63, 3.8) is 0 Å². The topological polar surface area (TPSA) is 109 Å². The zero-order valence-electron chi connectivity index (χ0n) is 21.8. The van der Waals surface area contributed by atoms with Crippen LogP contribution in [0, 0.1) is 0 Å². The smallest absolute Gasteiger partial charge is 0.329 e. The van der Waals surface area contributed by atoms with Gasteiger partial charge in [0.1, 0.15) is 11.7 Å². The summed E-state index contributed by atoms with van der Waals surface area (Å²) in [6, 6.07) is 5.57. The standard InChI is InChI=1S/C18H19N5O4.C5H12O.C2H6/c1-21-13-8-11(18-5-7-22(10-24)9-14(18)27-18)2-3-12(13)16(20-21)23-6-4-15(25)19-17(23)26;1-5(2,3)6-4;1-2/h2-3,8,10,14H,4-7,9H2,1H3,(H,19,25,26);1-4H3;1-2H3. The maximum atomic E-state index is 12.2. The molecular weight excluding hydrogens is 450 g/mol. The first-order valence-electron chi connectivity index (χ1n) is 12.1. The second-order valence-electron chi connectivity index (χ2n) is 9.60. The summed E-state index contributed by atoms with van der Waals surface area (Å²) in [5.41, 5.74) is 1.68. The maximum Gasteiger partial charge on any atom is 0.329 e. The molecule has 0 spiro atoms. The third-order valence-electron chi connectivity index (χ3n) is 6.38. The Hall–Kier alpha value is -2.98. The molecule has 1 aromatic heterocycles. The molecule has 2 unspecified atom stereocenters. The number of nitrogens with zero attached hydrogens (tertiary/aromatic N) is 4. The molecule has 35 heavy (non-hydrogen) atoms. The van der Waals surface area contributed by atoms with E-state index in [1.165, 1.54) is 4.90 Å². The van der Waals surface area contributed by atoms with Crippen LogP contribution in [-0.2, 0) is 31.7 Å². The molecule has 3 fully saturated rings. The lowest BCUT2D eigenvalue weighted by Crippen LogP contribution is -2.49. The molecule has 2 atom stereocenters. The summed E-state index contributed by atoms with van der Waals surface area (Å²) in [5, 5.41) is 7.70. The number of methoxy groups -OCH3 is 1. The first-order valence-corrected chi connectivity index (χ1v) is 12.1. The zero-order valence-corrected chi connectivity index (χ0v) is 21.8. The average molecular weight is 488 g/mol. The summed E-state index contributed by atoms with van der Waals surface area (Å²) >= 11 is 0. The highest BCUT2D eigenvalue weighted by Crippen LogP contribution is 2.52. The van der Waals surface area contributed by atoms with Crippen LogP contribution in [0.1, 0.15) is 53.0 Å². The summed E-state index contributed by atoms with van der Waals surface area (Å²) in [6.45, 7) is 11.7. The predicted octanol–water partition coefficient (Wildman–Crippen LogP) is 2.93. The van der Waals surface area contributed by atoms with Crippen molar-refractivity contribution >= 4 is 35.1 Å². The number of benzene rings is 1. The van der Waals surface area contributed by atoms with Crippen molar-refractivity contribution < 1.29 is 23.9 Å². The monoisotopic (exact) mass is 487 g/mol. The number of amides is 4. The fraction of sp³-hybridized carbons (Fsp3) is 0.600.